The maximum absolute atomic E-state index is 10.2. The highest BCUT2D eigenvalue weighted by Crippen LogP contribution is 2.48. The maximum atomic E-state index is 10.2. The minimum atomic E-state index is -0.0610. The van der Waals surface area contributed by atoms with Crippen LogP contribution >= 0.6 is 12.4 Å². The van der Waals surface area contributed by atoms with Gasteiger partial charge in [0.25, 0.3) is 0 Å². The molecule has 102 valence electrons. The van der Waals surface area contributed by atoms with Crippen molar-refractivity contribution in [3.63, 3.8) is 0 Å². The Labute approximate surface area is 123 Å². The smallest absolute Gasteiger partial charge is 0.165 e. The molecule has 0 spiro atoms. The van der Waals surface area contributed by atoms with Gasteiger partial charge in [-0.15, -0.1) is 12.4 Å². The second-order valence-electron chi connectivity index (χ2n) is 5.03. The predicted octanol–water partition coefficient (Wildman–Crippen LogP) is 3.36. The van der Waals surface area contributed by atoms with E-state index in [1.165, 1.54) is 11.1 Å². The van der Waals surface area contributed by atoms with E-state index < -0.39 is 0 Å². The highest BCUT2D eigenvalue weighted by Gasteiger charge is 2.29. The Kier molecular flexibility index (Phi) is 2.87. The number of benzene rings is 2. The number of aromatic hydroxyl groups is 2. The Balaban J connectivity index is 0.00000121. The standard InChI is InChI=1S/C16H13NO2.ClH/c18-13-5-4-10-8-12-14-9(6-7-17-12)2-1-3-11(14)15(10)16(13)19;/h1-7,12,17-19H,8H2;1H/t12-;/m1./s1. The minimum Gasteiger partial charge on any atom is -0.504 e. The molecule has 0 radical (unpaired) electrons. The third-order valence-electron chi connectivity index (χ3n) is 3.98. The first kappa shape index (κ1) is 12.9. The first-order chi connectivity index (χ1) is 9.25. The lowest BCUT2D eigenvalue weighted by atomic mass is 9.79. The lowest BCUT2D eigenvalue weighted by Crippen LogP contribution is -2.25. The zero-order valence-corrected chi connectivity index (χ0v) is 11.4. The molecule has 1 aliphatic carbocycles. The predicted molar refractivity (Wildman–Crippen MR) is 81.1 cm³/mol. The van der Waals surface area contributed by atoms with E-state index >= 15 is 0 Å². The summed E-state index contributed by atoms with van der Waals surface area (Å²) in [7, 11) is 0. The minimum absolute atomic E-state index is 0. The Morgan fingerprint density at radius 1 is 1.10 bits per heavy atom. The summed E-state index contributed by atoms with van der Waals surface area (Å²) in [4.78, 5) is 0. The van der Waals surface area contributed by atoms with Crippen LogP contribution < -0.4 is 5.32 Å². The van der Waals surface area contributed by atoms with Gasteiger partial charge in [0, 0.05) is 5.56 Å². The van der Waals surface area contributed by atoms with Gasteiger partial charge in [-0.3, -0.25) is 0 Å². The number of phenolic OH excluding ortho intramolecular Hbond substituents is 2. The van der Waals surface area contributed by atoms with E-state index in [-0.39, 0.29) is 29.9 Å². The van der Waals surface area contributed by atoms with Crippen molar-refractivity contribution in [1.29, 1.82) is 0 Å². The fourth-order valence-corrected chi connectivity index (χ4v) is 3.15. The monoisotopic (exact) mass is 287 g/mol. The zero-order valence-electron chi connectivity index (χ0n) is 10.6. The van der Waals surface area contributed by atoms with Gasteiger partial charge in [-0.1, -0.05) is 24.3 Å². The normalized spacial score (nSPS) is 17.5. The fourth-order valence-electron chi connectivity index (χ4n) is 3.15. The lowest BCUT2D eigenvalue weighted by Gasteiger charge is -2.32. The van der Waals surface area contributed by atoms with Crippen molar-refractivity contribution in [3.8, 4) is 22.6 Å². The molecule has 0 unspecified atom stereocenters. The molecule has 1 aliphatic heterocycles. The Morgan fingerprint density at radius 3 is 2.80 bits per heavy atom. The zero-order chi connectivity index (χ0) is 13.0. The van der Waals surface area contributed by atoms with Gasteiger partial charge < -0.3 is 15.5 Å². The van der Waals surface area contributed by atoms with Crippen LogP contribution in [0.15, 0.2) is 36.5 Å². The van der Waals surface area contributed by atoms with E-state index in [9.17, 15) is 10.2 Å². The molecule has 0 amide bonds. The number of hydrogen-bond donors (Lipinski definition) is 3. The van der Waals surface area contributed by atoms with Crippen LogP contribution in [-0.4, -0.2) is 10.2 Å². The van der Waals surface area contributed by atoms with Crippen LogP contribution in [0.1, 0.15) is 22.7 Å². The van der Waals surface area contributed by atoms with E-state index in [1.807, 2.05) is 30.5 Å². The second kappa shape index (κ2) is 4.46. The number of nitrogens with one attached hydrogen (secondary N) is 1. The molecule has 1 heterocycles. The van der Waals surface area contributed by atoms with Crippen molar-refractivity contribution >= 4 is 18.5 Å². The molecule has 0 fully saturated rings. The molecule has 1 atom stereocenters. The maximum Gasteiger partial charge on any atom is 0.165 e. The summed E-state index contributed by atoms with van der Waals surface area (Å²) in [6.45, 7) is 0. The molecule has 2 aliphatic rings. The van der Waals surface area contributed by atoms with Gasteiger partial charge in [0.1, 0.15) is 0 Å². The molecule has 2 aromatic carbocycles. The molecule has 20 heavy (non-hydrogen) atoms. The molecule has 0 aromatic heterocycles. The van der Waals surface area contributed by atoms with Crippen molar-refractivity contribution in [2.75, 3.05) is 0 Å². The summed E-state index contributed by atoms with van der Waals surface area (Å²) in [5, 5.41) is 23.3. The van der Waals surface area contributed by atoms with Crippen molar-refractivity contribution in [2.45, 2.75) is 12.5 Å². The molecular weight excluding hydrogens is 274 g/mol. The van der Waals surface area contributed by atoms with Crippen molar-refractivity contribution in [3.05, 3.63) is 53.2 Å². The molecule has 4 heteroatoms. The van der Waals surface area contributed by atoms with Crippen molar-refractivity contribution in [1.82, 2.24) is 5.32 Å². The van der Waals surface area contributed by atoms with E-state index in [2.05, 4.69) is 11.4 Å². The van der Waals surface area contributed by atoms with E-state index in [4.69, 9.17) is 0 Å². The molecule has 3 nitrogen and oxygen atoms in total. The second-order valence-corrected chi connectivity index (χ2v) is 5.03. The summed E-state index contributed by atoms with van der Waals surface area (Å²) in [6.07, 6.45) is 4.83. The third-order valence-corrected chi connectivity index (χ3v) is 3.98. The Hall–Kier alpha value is -2.13. The first-order valence-corrected chi connectivity index (χ1v) is 6.35. The summed E-state index contributed by atoms with van der Waals surface area (Å²) < 4.78 is 0. The Bertz CT molecular complexity index is 725. The third kappa shape index (κ3) is 1.60. The quantitative estimate of drug-likeness (QED) is 0.651. The van der Waals surface area contributed by atoms with Gasteiger partial charge in [0.15, 0.2) is 11.5 Å². The van der Waals surface area contributed by atoms with Crippen LogP contribution in [0.4, 0.5) is 0 Å². The fraction of sp³-hybridized carbons (Fsp3) is 0.125. The van der Waals surface area contributed by atoms with Crippen LogP contribution in [0.25, 0.3) is 17.2 Å². The van der Waals surface area contributed by atoms with Crippen LogP contribution in [0, 0.1) is 0 Å². The van der Waals surface area contributed by atoms with Crippen LogP contribution in [0.2, 0.25) is 0 Å². The van der Waals surface area contributed by atoms with Gasteiger partial charge in [0.05, 0.1) is 6.04 Å². The molecule has 3 N–H and O–H groups in total. The SMILES string of the molecule is Cl.Oc1ccc2c(c1O)-c1cccc3c1[C@@H](C2)NC=C3. The first-order valence-electron chi connectivity index (χ1n) is 6.35. The van der Waals surface area contributed by atoms with E-state index in [0.717, 1.165) is 23.1 Å². The van der Waals surface area contributed by atoms with Crippen molar-refractivity contribution < 1.29 is 10.2 Å². The molecule has 4 rings (SSSR count). The van der Waals surface area contributed by atoms with Crippen LogP contribution in [0.5, 0.6) is 11.5 Å². The molecular formula is C16H14ClNO2. The highest BCUT2D eigenvalue weighted by atomic mass is 35.5. The molecule has 2 aromatic rings. The average Bonchev–Trinajstić information content (AvgIpc) is 2.43. The molecule has 0 bridgehead atoms. The van der Waals surface area contributed by atoms with E-state index in [1.54, 1.807) is 6.07 Å². The van der Waals surface area contributed by atoms with Gasteiger partial charge >= 0.3 is 0 Å². The topological polar surface area (TPSA) is 52.5 Å². The average molecular weight is 288 g/mol. The number of fused-ring (bicyclic) bond motifs is 2. The highest BCUT2D eigenvalue weighted by molar-refractivity contribution is 5.85. The summed E-state index contributed by atoms with van der Waals surface area (Å²) >= 11 is 0. The van der Waals surface area contributed by atoms with E-state index in [0.29, 0.717) is 0 Å². The van der Waals surface area contributed by atoms with Gasteiger partial charge in [0.2, 0.25) is 0 Å². The van der Waals surface area contributed by atoms with Gasteiger partial charge in [-0.25, -0.2) is 0 Å². The largest absolute Gasteiger partial charge is 0.504 e. The van der Waals surface area contributed by atoms with Crippen LogP contribution in [0.3, 0.4) is 0 Å². The summed E-state index contributed by atoms with van der Waals surface area (Å²) in [6, 6.07) is 9.76. The number of hydrogen-bond acceptors (Lipinski definition) is 3. The lowest BCUT2D eigenvalue weighted by molar-refractivity contribution is 0.403. The van der Waals surface area contributed by atoms with Gasteiger partial charge in [-0.05, 0) is 47.0 Å². The number of phenols is 2. The summed E-state index contributed by atoms with van der Waals surface area (Å²) in [5.74, 6) is -0.0759. The molecule has 0 saturated heterocycles. The number of halogens is 1. The Morgan fingerprint density at radius 2 is 1.95 bits per heavy atom. The summed E-state index contributed by atoms with van der Waals surface area (Å²) in [5.41, 5.74) is 5.22. The number of rotatable bonds is 0. The van der Waals surface area contributed by atoms with Crippen LogP contribution in [-0.2, 0) is 6.42 Å². The molecule has 0 saturated carbocycles. The van der Waals surface area contributed by atoms with Gasteiger partial charge in [-0.2, -0.15) is 0 Å². The van der Waals surface area contributed by atoms with Crippen molar-refractivity contribution in [2.24, 2.45) is 0 Å².